The highest BCUT2D eigenvalue weighted by Crippen LogP contribution is 1.98. The molecule has 23 heavy (non-hydrogen) atoms. The maximum atomic E-state index is 11.6. The van der Waals surface area contributed by atoms with Crippen LogP contribution in [-0.4, -0.2) is 23.7 Å². The third-order valence-corrected chi connectivity index (χ3v) is 3.02. The second-order valence-corrected chi connectivity index (χ2v) is 5.24. The van der Waals surface area contributed by atoms with Gasteiger partial charge >= 0.3 is 0 Å². The van der Waals surface area contributed by atoms with Crippen molar-refractivity contribution in [1.29, 1.82) is 0 Å². The number of hydrogen-bond donors (Lipinski definition) is 2. The summed E-state index contributed by atoms with van der Waals surface area (Å²) in [5.41, 5.74) is 0. The molecule has 1 aliphatic heterocycles. The predicted octanol–water partition coefficient (Wildman–Crippen LogP) is 3.40. The van der Waals surface area contributed by atoms with Crippen molar-refractivity contribution < 1.29 is 9.90 Å². The molecule has 122 valence electrons. The smallest absolute Gasteiger partial charge is 0.243 e. The van der Waals surface area contributed by atoms with Gasteiger partial charge in [0.2, 0.25) is 5.91 Å². The second-order valence-electron chi connectivity index (χ2n) is 5.24. The number of carbonyl (C=O) groups excluding carboxylic acids is 1. The fraction of sp³-hybridized carbons (Fsp3) is 0.250. The standard InChI is InChI=1S/C20H25NO2/c1-18-13-9-5-2-3-6-10-14-19(22)15-11-7-4-8-12-16-20(23)21-17-18/h2-14,16,18-19,22H,15,17H2,1H3,(H,21,23)/t18-,19-/m0/s1. The molecule has 0 aromatic rings. The van der Waals surface area contributed by atoms with Crippen LogP contribution in [0.3, 0.4) is 0 Å². The minimum absolute atomic E-state index is 0.104. The molecule has 0 aromatic heterocycles. The van der Waals surface area contributed by atoms with E-state index < -0.39 is 6.10 Å². The van der Waals surface area contributed by atoms with Crippen LogP contribution in [0.15, 0.2) is 85.1 Å². The first kappa shape index (κ1) is 18.7. The molecule has 1 aliphatic rings. The molecule has 0 bridgehead atoms. The molecule has 3 heteroatoms. The lowest BCUT2D eigenvalue weighted by molar-refractivity contribution is -0.116. The summed E-state index contributed by atoms with van der Waals surface area (Å²) in [5, 5.41) is 12.6. The largest absolute Gasteiger partial charge is 0.389 e. The molecule has 0 saturated heterocycles. The van der Waals surface area contributed by atoms with Crippen LogP contribution < -0.4 is 5.32 Å². The molecule has 0 unspecified atom stereocenters. The van der Waals surface area contributed by atoms with E-state index in [4.69, 9.17) is 0 Å². The van der Waals surface area contributed by atoms with Crippen LogP contribution in [-0.2, 0) is 4.79 Å². The van der Waals surface area contributed by atoms with Crippen LogP contribution in [0.1, 0.15) is 13.3 Å². The highest BCUT2D eigenvalue weighted by Gasteiger charge is 1.98. The molecular weight excluding hydrogens is 286 g/mol. The first-order valence-electron chi connectivity index (χ1n) is 7.82. The summed E-state index contributed by atoms with van der Waals surface area (Å²) < 4.78 is 0. The molecule has 3 nitrogen and oxygen atoms in total. The van der Waals surface area contributed by atoms with Gasteiger partial charge < -0.3 is 10.4 Å². The number of allylic oxidation sites excluding steroid dienone is 10. The van der Waals surface area contributed by atoms with Gasteiger partial charge in [0.05, 0.1) is 6.10 Å². The lowest BCUT2D eigenvalue weighted by Crippen LogP contribution is -2.25. The van der Waals surface area contributed by atoms with E-state index in [0.717, 1.165) is 0 Å². The van der Waals surface area contributed by atoms with Gasteiger partial charge in [-0.2, -0.15) is 0 Å². The summed E-state index contributed by atoms with van der Waals surface area (Å²) in [7, 11) is 0. The van der Waals surface area contributed by atoms with Crippen molar-refractivity contribution in [2.24, 2.45) is 5.92 Å². The van der Waals surface area contributed by atoms with Crippen LogP contribution in [0.25, 0.3) is 0 Å². The Hall–Kier alpha value is -2.39. The Morgan fingerprint density at radius 3 is 2.30 bits per heavy atom. The van der Waals surface area contributed by atoms with Crippen LogP contribution in [0.5, 0.6) is 0 Å². The van der Waals surface area contributed by atoms with Gasteiger partial charge in [-0.25, -0.2) is 0 Å². The zero-order valence-electron chi connectivity index (χ0n) is 13.5. The zero-order valence-corrected chi connectivity index (χ0v) is 13.5. The number of nitrogens with one attached hydrogen (secondary N) is 1. The van der Waals surface area contributed by atoms with Gasteiger partial charge in [-0.15, -0.1) is 0 Å². The summed E-state index contributed by atoms with van der Waals surface area (Å²) >= 11 is 0. The van der Waals surface area contributed by atoms with Crippen molar-refractivity contribution in [3.05, 3.63) is 85.1 Å². The maximum absolute atomic E-state index is 11.6. The van der Waals surface area contributed by atoms with Crippen LogP contribution in [0, 0.1) is 5.92 Å². The molecule has 1 heterocycles. The molecule has 0 radical (unpaired) electrons. The highest BCUT2D eigenvalue weighted by atomic mass is 16.3. The van der Waals surface area contributed by atoms with Crippen molar-refractivity contribution in [3.63, 3.8) is 0 Å². The SMILES string of the molecule is C[C@H]1C=CC=CC=CC=C[C@H](O)CC=CC=CC=CC(=O)NC1. The van der Waals surface area contributed by atoms with E-state index in [0.29, 0.717) is 13.0 Å². The summed E-state index contributed by atoms with van der Waals surface area (Å²) in [6, 6.07) is 0. The molecule has 1 amide bonds. The Balaban J connectivity index is 2.70. The average Bonchev–Trinajstić information content (AvgIpc) is 2.53. The molecule has 0 aromatic carbocycles. The van der Waals surface area contributed by atoms with Crippen molar-refractivity contribution in [1.82, 2.24) is 5.32 Å². The molecule has 2 N–H and O–H groups in total. The van der Waals surface area contributed by atoms with E-state index in [-0.39, 0.29) is 11.8 Å². The molecule has 1 rings (SSSR count). The maximum Gasteiger partial charge on any atom is 0.243 e. The van der Waals surface area contributed by atoms with Gasteiger partial charge in [0, 0.05) is 12.6 Å². The lowest BCUT2D eigenvalue weighted by atomic mass is 10.1. The van der Waals surface area contributed by atoms with E-state index in [1.165, 1.54) is 6.08 Å². The molecule has 2 atom stereocenters. The normalized spacial score (nSPS) is 23.8. The molecular formula is C20H25NO2. The Labute approximate surface area is 138 Å². The molecule has 0 aliphatic carbocycles. The monoisotopic (exact) mass is 311 g/mol. The summed E-state index contributed by atoms with van der Waals surface area (Å²) in [6.45, 7) is 2.65. The van der Waals surface area contributed by atoms with Crippen molar-refractivity contribution in [2.75, 3.05) is 6.54 Å². The van der Waals surface area contributed by atoms with Crippen molar-refractivity contribution >= 4 is 5.91 Å². The number of amides is 1. The van der Waals surface area contributed by atoms with Gasteiger partial charge in [-0.3, -0.25) is 4.79 Å². The van der Waals surface area contributed by atoms with Gasteiger partial charge in [0.15, 0.2) is 0 Å². The number of rotatable bonds is 0. The van der Waals surface area contributed by atoms with E-state index >= 15 is 0 Å². The lowest BCUT2D eigenvalue weighted by Gasteiger charge is -2.05. The minimum Gasteiger partial charge on any atom is -0.389 e. The van der Waals surface area contributed by atoms with E-state index in [1.807, 2.05) is 67.7 Å². The second kappa shape index (κ2) is 12.2. The van der Waals surface area contributed by atoms with E-state index in [2.05, 4.69) is 5.32 Å². The fourth-order valence-corrected chi connectivity index (χ4v) is 1.74. The fourth-order valence-electron chi connectivity index (χ4n) is 1.74. The molecule has 0 spiro atoms. The predicted molar refractivity (Wildman–Crippen MR) is 96.8 cm³/mol. The van der Waals surface area contributed by atoms with Crippen LogP contribution in [0.2, 0.25) is 0 Å². The van der Waals surface area contributed by atoms with Gasteiger partial charge in [0.1, 0.15) is 0 Å². The van der Waals surface area contributed by atoms with E-state index in [9.17, 15) is 9.90 Å². The summed E-state index contributed by atoms with van der Waals surface area (Å²) in [4.78, 5) is 11.6. The Morgan fingerprint density at radius 1 is 0.913 bits per heavy atom. The van der Waals surface area contributed by atoms with Crippen LogP contribution >= 0.6 is 0 Å². The third-order valence-electron chi connectivity index (χ3n) is 3.02. The number of aliphatic hydroxyl groups is 1. The van der Waals surface area contributed by atoms with E-state index in [1.54, 1.807) is 18.2 Å². The van der Waals surface area contributed by atoms with Crippen LogP contribution in [0.4, 0.5) is 0 Å². The zero-order chi connectivity index (χ0) is 16.8. The Kier molecular flexibility index (Phi) is 9.88. The topological polar surface area (TPSA) is 49.3 Å². The van der Waals surface area contributed by atoms with Crippen molar-refractivity contribution in [2.45, 2.75) is 19.4 Å². The quantitative estimate of drug-likeness (QED) is 0.720. The minimum atomic E-state index is -0.499. The highest BCUT2D eigenvalue weighted by molar-refractivity contribution is 5.87. The first-order valence-corrected chi connectivity index (χ1v) is 7.82. The first-order chi connectivity index (χ1) is 11.2. The van der Waals surface area contributed by atoms with Gasteiger partial charge in [-0.1, -0.05) is 85.9 Å². The molecule has 0 saturated carbocycles. The summed E-state index contributed by atoms with van der Waals surface area (Å²) in [5.74, 6) is 0.160. The Morgan fingerprint density at radius 2 is 1.52 bits per heavy atom. The molecule has 0 fully saturated rings. The van der Waals surface area contributed by atoms with Crippen molar-refractivity contribution in [3.8, 4) is 0 Å². The van der Waals surface area contributed by atoms with Gasteiger partial charge in [0.25, 0.3) is 0 Å². The number of aliphatic hydroxyl groups excluding tert-OH is 1. The summed E-state index contributed by atoms with van der Waals surface area (Å²) in [6.07, 6.45) is 25.8. The Bertz CT molecular complexity index is 548. The van der Waals surface area contributed by atoms with Gasteiger partial charge in [-0.05, 0) is 12.3 Å². The number of carbonyl (C=O) groups is 1. The third kappa shape index (κ3) is 10.9. The average molecular weight is 311 g/mol. The number of hydrogen-bond acceptors (Lipinski definition) is 2.